The summed E-state index contributed by atoms with van der Waals surface area (Å²) in [7, 11) is 1.48. The molecular weight excluding hydrogens is 255 g/mol. The highest BCUT2D eigenvalue weighted by atomic mass is 32.2. The van der Waals surface area contributed by atoms with Gasteiger partial charge in [-0.25, -0.2) is 4.39 Å². The lowest BCUT2D eigenvalue weighted by atomic mass is 10.2. The number of benzene rings is 1. The van der Waals surface area contributed by atoms with Crippen LogP contribution in [0.2, 0.25) is 0 Å². The third-order valence-corrected chi connectivity index (χ3v) is 3.05. The van der Waals surface area contributed by atoms with Gasteiger partial charge in [0.1, 0.15) is 11.6 Å². The minimum atomic E-state index is -0.636. The van der Waals surface area contributed by atoms with E-state index in [4.69, 9.17) is 10.5 Å². The Labute approximate surface area is 110 Å². The summed E-state index contributed by atoms with van der Waals surface area (Å²) in [6.07, 6.45) is 2.49. The van der Waals surface area contributed by atoms with Gasteiger partial charge in [-0.3, -0.25) is 4.79 Å². The van der Waals surface area contributed by atoms with Crippen LogP contribution in [0.3, 0.4) is 0 Å². The Morgan fingerprint density at radius 3 is 2.94 bits per heavy atom. The number of thioether (sulfide) groups is 1. The molecule has 0 aliphatic heterocycles. The van der Waals surface area contributed by atoms with Gasteiger partial charge in [0.25, 0.3) is 0 Å². The van der Waals surface area contributed by atoms with Crippen molar-refractivity contribution in [3.8, 4) is 5.75 Å². The molecule has 0 heterocycles. The maximum Gasteiger partial charge on any atom is 0.241 e. The first-order valence-corrected chi connectivity index (χ1v) is 6.86. The highest BCUT2D eigenvalue weighted by molar-refractivity contribution is 7.98. The average molecular weight is 272 g/mol. The minimum Gasteiger partial charge on any atom is -0.497 e. The SMILES string of the molecule is COc1ccc(F)c(NC(=O)[C@H](N)CCSC)c1. The van der Waals surface area contributed by atoms with Gasteiger partial charge in [0, 0.05) is 6.07 Å². The number of anilines is 1. The van der Waals surface area contributed by atoms with Gasteiger partial charge in [0.05, 0.1) is 18.8 Å². The first kappa shape index (κ1) is 14.8. The van der Waals surface area contributed by atoms with Gasteiger partial charge in [0.2, 0.25) is 5.91 Å². The fourth-order valence-corrected chi connectivity index (χ4v) is 1.82. The molecule has 0 saturated heterocycles. The van der Waals surface area contributed by atoms with E-state index in [1.807, 2.05) is 6.26 Å². The number of methoxy groups -OCH3 is 1. The fourth-order valence-electron chi connectivity index (χ4n) is 1.33. The molecule has 0 aromatic heterocycles. The summed E-state index contributed by atoms with van der Waals surface area (Å²) in [4.78, 5) is 11.7. The van der Waals surface area contributed by atoms with Crippen LogP contribution < -0.4 is 15.8 Å². The number of rotatable bonds is 6. The predicted molar refractivity (Wildman–Crippen MR) is 72.6 cm³/mol. The predicted octanol–water partition coefficient (Wildman–Crippen LogP) is 1.85. The van der Waals surface area contributed by atoms with E-state index in [1.165, 1.54) is 25.3 Å². The molecule has 6 heteroatoms. The molecule has 18 heavy (non-hydrogen) atoms. The second kappa shape index (κ2) is 7.23. The zero-order chi connectivity index (χ0) is 13.5. The lowest BCUT2D eigenvalue weighted by Gasteiger charge is -2.12. The van der Waals surface area contributed by atoms with Crippen molar-refractivity contribution in [2.45, 2.75) is 12.5 Å². The summed E-state index contributed by atoms with van der Waals surface area (Å²) in [5.41, 5.74) is 5.78. The number of hydrogen-bond acceptors (Lipinski definition) is 4. The summed E-state index contributed by atoms with van der Waals surface area (Å²) in [5.74, 6) is 0.358. The van der Waals surface area contributed by atoms with Crippen molar-refractivity contribution in [3.05, 3.63) is 24.0 Å². The number of nitrogens with one attached hydrogen (secondary N) is 1. The number of carbonyl (C=O) groups excluding carboxylic acids is 1. The van der Waals surface area contributed by atoms with E-state index in [0.29, 0.717) is 12.2 Å². The number of halogens is 1. The molecule has 0 fully saturated rings. The van der Waals surface area contributed by atoms with Crippen LogP contribution in [-0.4, -0.2) is 31.1 Å². The second-order valence-electron chi connectivity index (χ2n) is 3.72. The zero-order valence-corrected chi connectivity index (χ0v) is 11.2. The van der Waals surface area contributed by atoms with E-state index in [2.05, 4.69) is 5.32 Å². The molecule has 1 aromatic carbocycles. The van der Waals surface area contributed by atoms with Gasteiger partial charge >= 0.3 is 0 Å². The van der Waals surface area contributed by atoms with Crippen molar-refractivity contribution in [1.29, 1.82) is 0 Å². The van der Waals surface area contributed by atoms with Crippen molar-refractivity contribution < 1.29 is 13.9 Å². The molecule has 4 nitrogen and oxygen atoms in total. The largest absolute Gasteiger partial charge is 0.497 e. The third kappa shape index (κ3) is 4.19. The quantitative estimate of drug-likeness (QED) is 0.829. The van der Waals surface area contributed by atoms with E-state index >= 15 is 0 Å². The molecule has 1 amide bonds. The molecule has 0 unspecified atom stereocenters. The van der Waals surface area contributed by atoms with Gasteiger partial charge in [-0.1, -0.05) is 0 Å². The molecule has 0 aliphatic rings. The smallest absolute Gasteiger partial charge is 0.241 e. The van der Waals surface area contributed by atoms with Crippen molar-refractivity contribution in [2.24, 2.45) is 5.73 Å². The second-order valence-corrected chi connectivity index (χ2v) is 4.71. The highest BCUT2D eigenvalue weighted by Crippen LogP contribution is 2.21. The number of nitrogens with two attached hydrogens (primary N) is 1. The lowest BCUT2D eigenvalue weighted by Crippen LogP contribution is -2.36. The molecule has 0 radical (unpaired) electrons. The van der Waals surface area contributed by atoms with Crippen LogP contribution in [-0.2, 0) is 4.79 Å². The summed E-state index contributed by atoms with van der Waals surface area (Å²) >= 11 is 1.61. The highest BCUT2D eigenvalue weighted by Gasteiger charge is 2.15. The Bertz CT molecular complexity index is 415. The Balaban J connectivity index is 2.68. The third-order valence-electron chi connectivity index (χ3n) is 2.40. The normalized spacial score (nSPS) is 12.0. The van der Waals surface area contributed by atoms with Gasteiger partial charge < -0.3 is 15.8 Å². The van der Waals surface area contributed by atoms with Crippen molar-refractivity contribution in [3.63, 3.8) is 0 Å². The topological polar surface area (TPSA) is 64.3 Å². The van der Waals surface area contributed by atoms with Gasteiger partial charge in [0.15, 0.2) is 0 Å². The van der Waals surface area contributed by atoms with Crippen LogP contribution in [0.1, 0.15) is 6.42 Å². The van der Waals surface area contributed by atoms with Crippen LogP contribution >= 0.6 is 11.8 Å². The maximum atomic E-state index is 13.5. The standard InChI is InChI=1S/C12H17FN2O2S/c1-17-8-3-4-9(13)11(7-8)15-12(16)10(14)5-6-18-2/h3-4,7,10H,5-6,14H2,1-2H3,(H,15,16)/t10-/m1/s1. The number of carbonyl (C=O) groups is 1. The summed E-state index contributed by atoms with van der Waals surface area (Å²) in [6.45, 7) is 0. The molecular formula is C12H17FN2O2S. The first-order valence-electron chi connectivity index (χ1n) is 5.47. The summed E-state index contributed by atoms with van der Waals surface area (Å²) in [6, 6.07) is 3.51. The molecule has 1 rings (SSSR count). The van der Waals surface area contributed by atoms with Crippen molar-refractivity contribution in [1.82, 2.24) is 0 Å². The van der Waals surface area contributed by atoms with E-state index in [0.717, 1.165) is 5.75 Å². The Morgan fingerprint density at radius 2 is 2.33 bits per heavy atom. The molecule has 3 N–H and O–H groups in total. The Hall–Kier alpha value is -1.27. The monoisotopic (exact) mass is 272 g/mol. The molecule has 100 valence electrons. The van der Waals surface area contributed by atoms with Crippen LogP contribution in [0.5, 0.6) is 5.75 Å². The summed E-state index contributed by atoms with van der Waals surface area (Å²) < 4.78 is 18.4. The van der Waals surface area contributed by atoms with E-state index in [1.54, 1.807) is 11.8 Å². The zero-order valence-electron chi connectivity index (χ0n) is 10.4. The van der Waals surface area contributed by atoms with Gasteiger partial charge in [-0.2, -0.15) is 11.8 Å². The van der Waals surface area contributed by atoms with Crippen molar-refractivity contribution in [2.75, 3.05) is 24.4 Å². The minimum absolute atomic E-state index is 0.0824. The molecule has 0 aliphatic carbocycles. The van der Waals surface area contributed by atoms with Gasteiger partial charge in [-0.05, 0) is 30.6 Å². The number of amides is 1. The molecule has 1 atom stereocenters. The number of ether oxygens (including phenoxy) is 1. The first-order chi connectivity index (χ1) is 8.58. The molecule has 0 saturated carbocycles. The maximum absolute atomic E-state index is 13.5. The molecule has 0 bridgehead atoms. The van der Waals surface area contributed by atoms with Crippen LogP contribution in [0, 0.1) is 5.82 Å². The van der Waals surface area contributed by atoms with Gasteiger partial charge in [-0.15, -0.1) is 0 Å². The summed E-state index contributed by atoms with van der Waals surface area (Å²) in [5, 5.41) is 2.47. The van der Waals surface area contributed by atoms with Crippen LogP contribution in [0.15, 0.2) is 18.2 Å². The van der Waals surface area contributed by atoms with E-state index in [-0.39, 0.29) is 5.69 Å². The van der Waals surface area contributed by atoms with Crippen molar-refractivity contribution >= 4 is 23.4 Å². The fraction of sp³-hybridized carbons (Fsp3) is 0.417. The lowest BCUT2D eigenvalue weighted by molar-refractivity contribution is -0.117. The Morgan fingerprint density at radius 1 is 1.61 bits per heavy atom. The number of hydrogen-bond donors (Lipinski definition) is 2. The molecule has 1 aromatic rings. The van der Waals surface area contributed by atoms with E-state index < -0.39 is 17.8 Å². The van der Waals surface area contributed by atoms with Crippen LogP contribution in [0.4, 0.5) is 10.1 Å². The average Bonchev–Trinajstić information content (AvgIpc) is 2.38. The molecule has 0 spiro atoms. The van der Waals surface area contributed by atoms with E-state index in [9.17, 15) is 9.18 Å². The Kier molecular flexibility index (Phi) is 5.94. The van der Waals surface area contributed by atoms with Crippen LogP contribution in [0.25, 0.3) is 0 Å².